The van der Waals surface area contributed by atoms with Crippen molar-refractivity contribution in [1.82, 2.24) is 0 Å². The lowest BCUT2D eigenvalue weighted by atomic mass is 10.1. The van der Waals surface area contributed by atoms with Crippen molar-refractivity contribution in [2.45, 2.75) is 19.0 Å². The predicted octanol–water partition coefficient (Wildman–Crippen LogP) is 0.754. The van der Waals surface area contributed by atoms with E-state index in [-0.39, 0.29) is 0 Å². The van der Waals surface area contributed by atoms with Crippen molar-refractivity contribution in [1.29, 1.82) is 5.26 Å². The van der Waals surface area contributed by atoms with E-state index in [9.17, 15) is 0 Å². The number of methoxy groups -OCH3 is 4. The summed E-state index contributed by atoms with van der Waals surface area (Å²) in [5, 5.41) is 8.88. The van der Waals surface area contributed by atoms with Crippen LogP contribution in [0.25, 0.3) is 0 Å². The number of rotatable bonds is 7. The van der Waals surface area contributed by atoms with Gasteiger partial charge in [0.25, 0.3) is 0 Å². The lowest BCUT2D eigenvalue weighted by Crippen LogP contribution is -2.28. The Kier molecular flexibility index (Phi) is 7.34. The minimum atomic E-state index is -0.548. The summed E-state index contributed by atoms with van der Waals surface area (Å²) in [6.45, 7) is 0. The van der Waals surface area contributed by atoms with Gasteiger partial charge in [0.1, 0.15) is 5.92 Å². The number of nitrogens with zero attached hydrogens (tertiary/aromatic N) is 1. The van der Waals surface area contributed by atoms with Gasteiger partial charge < -0.3 is 18.9 Å². The smallest absolute Gasteiger partial charge is 0.172 e. The lowest BCUT2D eigenvalue weighted by molar-refractivity contribution is -0.159. The largest absolute Gasteiger partial charge is 0.356 e. The number of nitriles is 1. The van der Waals surface area contributed by atoms with Crippen LogP contribution in [0.1, 0.15) is 6.42 Å². The molecule has 0 aliphatic rings. The van der Waals surface area contributed by atoms with Gasteiger partial charge in [-0.05, 0) is 0 Å². The first-order chi connectivity index (χ1) is 6.73. The molecule has 0 saturated heterocycles. The van der Waals surface area contributed by atoms with E-state index in [1.807, 2.05) is 0 Å². The van der Waals surface area contributed by atoms with Crippen LogP contribution in [0.5, 0.6) is 0 Å². The summed E-state index contributed by atoms with van der Waals surface area (Å²) in [6.07, 6.45) is -0.546. The van der Waals surface area contributed by atoms with Crippen LogP contribution in [0, 0.1) is 17.2 Å². The Hall–Kier alpha value is -0.670. The highest BCUT2D eigenvalue weighted by Gasteiger charge is 2.24. The van der Waals surface area contributed by atoms with Gasteiger partial charge in [-0.3, -0.25) is 0 Å². The fourth-order valence-corrected chi connectivity index (χ4v) is 1.15. The highest BCUT2D eigenvalue weighted by Crippen LogP contribution is 2.16. The molecule has 0 aromatic heterocycles. The van der Waals surface area contributed by atoms with Crippen molar-refractivity contribution in [3.05, 3.63) is 0 Å². The first kappa shape index (κ1) is 13.3. The van der Waals surface area contributed by atoms with Gasteiger partial charge in [0, 0.05) is 34.9 Å². The van der Waals surface area contributed by atoms with Crippen molar-refractivity contribution in [2.24, 2.45) is 5.92 Å². The molecule has 0 spiro atoms. The van der Waals surface area contributed by atoms with Crippen molar-refractivity contribution in [3.63, 3.8) is 0 Å². The molecule has 0 N–H and O–H groups in total. The maximum atomic E-state index is 8.88. The Bertz CT molecular complexity index is 172. The molecule has 0 aliphatic carbocycles. The zero-order chi connectivity index (χ0) is 11.0. The number of ether oxygens (including phenoxy) is 4. The molecule has 14 heavy (non-hydrogen) atoms. The molecule has 0 aliphatic heterocycles. The summed E-state index contributed by atoms with van der Waals surface area (Å²) >= 11 is 0. The molecule has 1 unspecified atom stereocenters. The quantitative estimate of drug-likeness (QED) is 0.571. The molecule has 5 heteroatoms. The number of hydrogen-bond acceptors (Lipinski definition) is 5. The molecule has 0 rings (SSSR count). The molecular formula is C9H17NO4. The molecule has 82 valence electrons. The predicted molar refractivity (Wildman–Crippen MR) is 49.3 cm³/mol. The first-order valence-electron chi connectivity index (χ1n) is 4.24. The zero-order valence-corrected chi connectivity index (χ0v) is 9.02. The summed E-state index contributed by atoms with van der Waals surface area (Å²) in [4.78, 5) is 0. The fourth-order valence-electron chi connectivity index (χ4n) is 1.15. The van der Waals surface area contributed by atoms with Crippen LogP contribution in [0.15, 0.2) is 0 Å². The van der Waals surface area contributed by atoms with Gasteiger partial charge in [0.05, 0.1) is 6.07 Å². The Balaban J connectivity index is 4.20. The van der Waals surface area contributed by atoms with E-state index in [0.717, 1.165) is 0 Å². The zero-order valence-electron chi connectivity index (χ0n) is 9.02. The summed E-state index contributed by atoms with van der Waals surface area (Å²) < 4.78 is 19.9. The molecule has 0 bridgehead atoms. The van der Waals surface area contributed by atoms with Gasteiger partial charge in [-0.15, -0.1) is 0 Å². The van der Waals surface area contributed by atoms with Crippen molar-refractivity contribution >= 4 is 0 Å². The van der Waals surface area contributed by atoms with Gasteiger partial charge >= 0.3 is 0 Å². The van der Waals surface area contributed by atoms with Crippen molar-refractivity contribution < 1.29 is 18.9 Å². The second-order valence-corrected chi connectivity index (χ2v) is 2.71. The molecule has 1 atom stereocenters. The van der Waals surface area contributed by atoms with Gasteiger partial charge in [0.2, 0.25) is 0 Å². The third-order valence-electron chi connectivity index (χ3n) is 1.93. The SMILES string of the molecule is COC(CC(C#N)C(OC)OC)OC. The fraction of sp³-hybridized carbons (Fsp3) is 0.889. The average Bonchev–Trinajstić information content (AvgIpc) is 2.24. The average molecular weight is 203 g/mol. The van der Waals surface area contributed by atoms with Crippen molar-refractivity contribution in [3.8, 4) is 6.07 Å². The third kappa shape index (κ3) is 4.03. The number of hydrogen-bond donors (Lipinski definition) is 0. The van der Waals surface area contributed by atoms with Crippen LogP contribution in [0.3, 0.4) is 0 Å². The van der Waals surface area contributed by atoms with E-state index in [4.69, 9.17) is 24.2 Å². The van der Waals surface area contributed by atoms with E-state index in [1.165, 1.54) is 28.4 Å². The standard InChI is InChI=1S/C9H17NO4/c1-11-8(12-2)5-7(6-10)9(13-3)14-4/h7-9H,5H2,1-4H3. The summed E-state index contributed by atoms with van der Waals surface area (Å²) in [6, 6.07) is 2.09. The minimum Gasteiger partial charge on any atom is -0.356 e. The second kappa shape index (κ2) is 7.71. The molecule has 0 aromatic carbocycles. The van der Waals surface area contributed by atoms with E-state index >= 15 is 0 Å². The monoisotopic (exact) mass is 203 g/mol. The first-order valence-corrected chi connectivity index (χ1v) is 4.24. The Labute approximate surface area is 84.5 Å². The minimum absolute atomic E-state index is 0.408. The van der Waals surface area contributed by atoms with Crippen molar-refractivity contribution in [2.75, 3.05) is 28.4 Å². The molecule has 0 amide bonds. The Morgan fingerprint density at radius 1 is 1.00 bits per heavy atom. The normalized spacial score (nSPS) is 13.2. The maximum Gasteiger partial charge on any atom is 0.172 e. The Morgan fingerprint density at radius 2 is 1.50 bits per heavy atom. The Morgan fingerprint density at radius 3 is 1.79 bits per heavy atom. The second-order valence-electron chi connectivity index (χ2n) is 2.71. The molecule has 5 nitrogen and oxygen atoms in total. The summed E-state index contributed by atoms with van der Waals surface area (Å²) in [5.41, 5.74) is 0. The van der Waals surface area contributed by atoms with Crippen LogP contribution in [0.2, 0.25) is 0 Å². The van der Waals surface area contributed by atoms with Gasteiger partial charge in [0.15, 0.2) is 12.6 Å². The summed E-state index contributed by atoms with van der Waals surface area (Å²) in [7, 11) is 6.04. The van der Waals surface area contributed by atoms with Crippen LogP contribution in [-0.4, -0.2) is 41.0 Å². The van der Waals surface area contributed by atoms with Crippen LogP contribution in [-0.2, 0) is 18.9 Å². The van der Waals surface area contributed by atoms with Gasteiger partial charge in [-0.2, -0.15) is 5.26 Å². The van der Waals surface area contributed by atoms with Crippen LogP contribution < -0.4 is 0 Å². The van der Waals surface area contributed by atoms with Crippen LogP contribution in [0.4, 0.5) is 0 Å². The van der Waals surface area contributed by atoms with E-state index in [1.54, 1.807) is 0 Å². The lowest BCUT2D eigenvalue weighted by Gasteiger charge is -2.22. The van der Waals surface area contributed by atoms with Gasteiger partial charge in [-0.25, -0.2) is 0 Å². The van der Waals surface area contributed by atoms with E-state index in [2.05, 4.69) is 6.07 Å². The topological polar surface area (TPSA) is 60.7 Å². The molecule has 0 heterocycles. The van der Waals surface area contributed by atoms with Gasteiger partial charge in [-0.1, -0.05) is 0 Å². The molecule has 0 radical (unpaired) electrons. The molecular weight excluding hydrogens is 186 g/mol. The molecule has 0 aromatic rings. The van der Waals surface area contributed by atoms with Crippen LogP contribution >= 0.6 is 0 Å². The van der Waals surface area contributed by atoms with E-state index < -0.39 is 18.5 Å². The third-order valence-corrected chi connectivity index (χ3v) is 1.93. The summed E-state index contributed by atoms with van der Waals surface area (Å²) in [5.74, 6) is -0.408. The molecule has 0 saturated carbocycles. The highest BCUT2D eigenvalue weighted by atomic mass is 16.7. The highest BCUT2D eigenvalue weighted by molar-refractivity contribution is 4.86. The molecule has 0 fully saturated rings. The maximum absolute atomic E-state index is 8.88. The van der Waals surface area contributed by atoms with E-state index in [0.29, 0.717) is 6.42 Å².